The molecule has 1 aliphatic rings. The van der Waals surface area contributed by atoms with Crippen LogP contribution in [0.5, 0.6) is 0 Å². The molecule has 0 spiro atoms. The van der Waals surface area contributed by atoms with E-state index < -0.39 is 10.4 Å². The first kappa shape index (κ1) is 42.9. The van der Waals surface area contributed by atoms with Crippen molar-refractivity contribution in [2.45, 2.75) is 60.0 Å². The summed E-state index contributed by atoms with van der Waals surface area (Å²) in [6.07, 6.45) is 1.45. The minimum Gasteiger partial charge on any atom is -0.659 e. The predicted molar refractivity (Wildman–Crippen MR) is 154 cm³/mol. The molecule has 0 amide bonds. The normalized spacial score (nSPS) is 21.2. The van der Waals surface area contributed by atoms with Gasteiger partial charge in [-0.05, 0) is 30.1 Å². The second-order valence-corrected chi connectivity index (χ2v) is 9.48. The maximum atomic E-state index is 8.74. The molecule has 0 heterocycles. The fourth-order valence-corrected chi connectivity index (χ4v) is 4.30. The zero-order chi connectivity index (χ0) is 26.3. The molecule has 2 aromatic rings. The molecule has 0 aliphatic heterocycles. The van der Waals surface area contributed by atoms with Gasteiger partial charge in [0.25, 0.3) is 0 Å². The van der Waals surface area contributed by atoms with Gasteiger partial charge >= 0.3 is 30.5 Å². The van der Waals surface area contributed by atoms with Crippen LogP contribution in [0.15, 0.2) is 60.7 Å². The molecular weight excluding hydrogens is 669 g/mol. The van der Waals surface area contributed by atoms with Crippen molar-refractivity contribution in [3.05, 3.63) is 89.9 Å². The summed E-state index contributed by atoms with van der Waals surface area (Å²) in [7, 11) is -0.947. The fraction of sp³-hybridized carbons (Fsp3) is 0.536. The van der Waals surface area contributed by atoms with Crippen LogP contribution in [0, 0.1) is 31.1 Å². The number of hydrogen-bond acceptors (Lipinski definition) is 2. The third-order valence-corrected chi connectivity index (χ3v) is 6.51. The minimum absolute atomic E-state index is 0. The van der Waals surface area contributed by atoms with Gasteiger partial charge < -0.3 is 23.5 Å². The maximum Gasteiger partial charge on any atom is 3.00 e. The van der Waals surface area contributed by atoms with E-state index in [0.717, 1.165) is 23.7 Å². The summed E-state index contributed by atoms with van der Waals surface area (Å²) < 4.78 is 31.6. The van der Waals surface area contributed by atoms with Gasteiger partial charge in [0.15, 0.2) is 0 Å². The van der Waals surface area contributed by atoms with Crippen LogP contribution < -0.4 is 0 Å². The second kappa shape index (κ2) is 22.8. The van der Waals surface area contributed by atoms with Gasteiger partial charge in [0.05, 0.1) is 0 Å². The second-order valence-electron chi connectivity index (χ2n) is 8.58. The molecule has 0 aromatic heterocycles. The average Bonchev–Trinajstić information content (AvgIpc) is 3.04. The Hall–Kier alpha value is -1.16. The van der Waals surface area contributed by atoms with Crippen LogP contribution in [0.1, 0.15) is 71.2 Å². The Kier molecular flexibility index (Phi) is 26.4. The Labute approximate surface area is 240 Å². The summed E-state index contributed by atoms with van der Waals surface area (Å²) in [5.74, 6) is 3.85. The number of likely N-dealkylation sites (N-methyl/N-ethyl adjacent to an activating group) is 2. The van der Waals surface area contributed by atoms with Crippen molar-refractivity contribution in [2.24, 2.45) is 23.7 Å². The number of rotatable bonds is 5. The van der Waals surface area contributed by atoms with Crippen LogP contribution in [0.4, 0.5) is 0 Å². The molecule has 1 aliphatic carbocycles. The molecule has 1 fully saturated rings. The molecule has 0 saturated heterocycles. The zero-order valence-electron chi connectivity index (χ0n) is 23.8. The van der Waals surface area contributed by atoms with Crippen molar-refractivity contribution in [1.82, 2.24) is 0 Å². The molecule has 0 radical (unpaired) electrons. The van der Waals surface area contributed by atoms with Crippen molar-refractivity contribution in [1.29, 1.82) is 0 Å². The van der Waals surface area contributed by atoms with E-state index in [1.807, 2.05) is 64.3 Å². The number of hydrogen-bond donors (Lipinski definition) is 2. The Balaban J connectivity index is -0.000000243. The topological polar surface area (TPSA) is 134 Å². The smallest absolute Gasteiger partial charge is 0.659 e. The van der Waals surface area contributed by atoms with E-state index in [1.165, 1.54) is 17.5 Å². The molecule has 37 heavy (non-hydrogen) atoms. The SMILES string of the molecule is CC.CC1CC(C)C(C)C1C.C[N-][C@H](c1ccccc1)[C@H]([N-]C)c1ccccc1.O.O=S(=O)(O)O.[CH3-].[Ir+3]. The molecule has 2 aromatic carbocycles. The first-order chi connectivity index (χ1) is 16.0. The van der Waals surface area contributed by atoms with Crippen molar-refractivity contribution in [3.63, 3.8) is 0 Å². The van der Waals surface area contributed by atoms with E-state index >= 15 is 0 Å². The van der Waals surface area contributed by atoms with Crippen LogP contribution in [0.25, 0.3) is 10.6 Å². The van der Waals surface area contributed by atoms with Gasteiger partial charge in [0.2, 0.25) is 0 Å². The third-order valence-electron chi connectivity index (χ3n) is 6.51. The summed E-state index contributed by atoms with van der Waals surface area (Å²) >= 11 is 0. The van der Waals surface area contributed by atoms with Crippen molar-refractivity contribution in [3.8, 4) is 0 Å². The molecule has 3 rings (SSSR count). The van der Waals surface area contributed by atoms with Crippen LogP contribution in [-0.2, 0) is 30.5 Å². The quantitative estimate of drug-likeness (QED) is 0.246. The van der Waals surface area contributed by atoms with Gasteiger partial charge in [0, 0.05) is 0 Å². The van der Waals surface area contributed by atoms with E-state index in [1.54, 1.807) is 0 Å². The van der Waals surface area contributed by atoms with E-state index in [0.29, 0.717) is 0 Å². The summed E-state index contributed by atoms with van der Waals surface area (Å²) in [5.41, 5.74) is 2.42. The van der Waals surface area contributed by atoms with Crippen LogP contribution in [-0.4, -0.2) is 37.1 Å². The summed E-state index contributed by atoms with van der Waals surface area (Å²) in [5, 5.41) is 9.02. The molecule has 9 heteroatoms. The summed E-state index contributed by atoms with van der Waals surface area (Å²) in [4.78, 5) is 0. The van der Waals surface area contributed by atoms with Crippen molar-refractivity contribution >= 4 is 10.4 Å². The van der Waals surface area contributed by atoms with Crippen molar-refractivity contribution in [2.75, 3.05) is 14.1 Å². The average molecular weight is 718 g/mol. The number of benzene rings is 2. The Morgan fingerprint density at radius 1 is 0.730 bits per heavy atom. The number of nitrogens with zero attached hydrogens (tertiary/aromatic N) is 2. The summed E-state index contributed by atoms with van der Waals surface area (Å²) in [6, 6.07) is 20.8. The minimum atomic E-state index is -4.67. The van der Waals surface area contributed by atoms with Crippen molar-refractivity contribution < 1.29 is 43.1 Å². The molecule has 4 N–H and O–H groups in total. The van der Waals surface area contributed by atoms with Gasteiger partial charge in [0.1, 0.15) is 0 Å². The van der Waals surface area contributed by atoms with Gasteiger partial charge in [-0.3, -0.25) is 9.11 Å². The first-order valence-electron chi connectivity index (χ1n) is 12.0. The Bertz CT molecular complexity index is 807. The van der Waals surface area contributed by atoms with Crippen LogP contribution in [0.3, 0.4) is 0 Å². The van der Waals surface area contributed by atoms with Gasteiger partial charge in [-0.25, -0.2) is 0 Å². The largest absolute Gasteiger partial charge is 3.00 e. The molecule has 7 nitrogen and oxygen atoms in total. The Morgan fingerprint density at radius 3 is 1.14 bits per heavy atom. The molecular formula is C28H49IrN2O5S. The fourth-order valence-electron chi connectivity index (χ4n) is 4.30. The predicted octanol–water partition coefficient (Wildman–Crippen LogP) is 7.41. The van der Waals surface area contributed by atoms with Gasteiger partial charge in [-0.1, -0.05) is 113 Å². The molecule has 6 atom stereocenters. The zero-order valence-corrected chi connectivity index (χ0v) is 27.0. The van der Waals surface area contributed by atoms with Crippen LogP contribution in [0.2, 0.25) is 0 Å². The van der Waals surface area contributed by atoms with E-state index in [-0.39, 0.29) is 45.1 Å². The molecule has 4 unspecified atom stereocenters. The third kappa shape index (κ3) is 17.1. The molecule has 216 valence electrons. The summed E-state index contributed by atoms with van der Waals surface area (Å²) in [6.45, 7) is 13.5. The first-order valence-corrected chi connectivity index (χ1v) is 13.4. The van der Waals surface area contributed by atoms with Gasteiger partial charge in [-0.2, -0.15) is 22.5 Å². The van der Waals surface area contributed by atoms with Crippen LogP contribution >= 0.6 is 0 Å². The standard InChI is InChI=1S/C16H18N2.C9H18.C2H6.CH3.Ir.H2O4S.H2O/c1-17-15(13-9-5-3-6-10-13)16(18-2)14-11-7-4-8-12-14;1-6-5-7(2)9(4)8(6)3;1-2;;;1-5(2,3)4;/h3-12,15-16H,1-2H3;6-9H,5H2,1-4H3;1-2H3;1H3;;(H2,1,2,3,4);1H2/q-2;;;-1;+3;;/t15-,16-;;;;;;/m1....../s1. The monoisotopic (exact) mass is 718 g/mol. The van der Waals surface area contributed by atoms with E-state index in [4.69, 9.17) is 17.5 Å². The van der Waals surface area contributed by atoms with E-state index in [9.17, 15) is 0 Å². The van der Waals surface area contributed by atoms with Gasteiger partial charge in [-0.15, -0.1) is 12.1 Å². The molecule has 1 saturated carbocycles. The van der Waals surface area contributed by atoms with E-state index in [2.05, 4.69) is 62.6 Å². The molecule has 0 bridgehead atoms. The maximum absolute atomic E-state index is 8.74. The Morgan fingerprint density at radius 2 is 0.973 bits per heavy atom.